The number of amides is 4. The first-order chi connectivity index (χ1) is 22.3. The molecule has 0 spiro atoms. The van der Waals surface area contributed by atoms with E-state index in [0.717, 1.165) is 29.6 Å². The van der Waals surface area contributed by atoms with Gasteiger partial charge in [-0.05, 0) is 29.8 Å². The van der Waals surface area contributed by atoms with Gasteiger partial charge in [0.15, 0.2) is 0 Å². The lowest BCUT2D eigenvalue weighted by Gasteiger charge is -2.40. The number of hydrogen-bond acceptors (Lipinski definition) is 9. The number of carbonyl (C=O) groups excluding carboxylic acids is 6. The summed E-state index contributed by atoms with van der Waals surface area (Å²) in [6, 6.07) is 23.0. The first-order valence-corrected chi connectivity index (χ1v) is 14.8. The standard InChI is InChI=1S/C35H29N3O8/c1-45-33(43)28-25-27(32(42)37(30(25)40)22-16-10-5-11-17-22)35(34(44)46-2)26-24(23(38(28)35)19-18-20-12-6-3-7-13-20)29(39)36(31(26)41)21-14-8-4-9-15-21/h3-19,23-28H,1-2H3/b19-18+/t23-,24-,25+,26+,27+,28-,35+/m0/s1. The molecule has 0 aliphatic carbocycles. The van der Waals surface area contributed by atoms with Crippen LogP contribution in [-0.2, 0) is 38.2 Å². The second kappa shape index (κ2) is 10.9. The Morgan fingerprint density at radius 3 is 1.63 bits per heavy atom. The van der Waals surface area contributed by atoms with E-state index in [1.807, 2.05) is 30.3 Å². The molecule has 0 radical (unpaired) electrons. The van der Waals surface area contributed by atoms with E-state index in [1.54, 1.807) is 72.8 Å². The summed E-state index contributed by atoms with van der Waals surface area (Å²) < 4.78 is 10.5. The molecule has 11 heteroatoms. The molecule has 11 nitrogen and oxygen atoms in total. The van der Waals surface area contributed by atoms with Gasteiger partial charge in [0, 0.05) is 6.04 Å². The maximum atomic E-state index is 14.6. The first-order valence-electron chi connectivity index (χ1n) is 14.8. The Balaban J connectivity index is 1.49. The first kappa shape index (κ1) is 29.3. The van der Waals surface area contributed by atoms with Crippen molar-refractivity contribution in [2.45, 2.75) is 17.6 Å². The Morgan fingerprint density at radius 2 is 1.13 bits per heavy atom. The predicted octanol–water partition coefficient (Wildman–Crippen LogP) is 2.46. The molecule has 4 aliphatic rings. The topological polar surface area (TPSA) is 131 Å². The molecule has 46 heavy (non-hydrogen) atoms. The van der Waals surface area contributed by atoms with Gasteiger partial charge in [-0.15, -0.1) is 0 Å². The highest BCUT2D eigenvalue weighted by atomic mass is 16.5. The summed E-state index contributed by atoms with van der Waals surface area (Å²) in [7, 11) is 2.26. The zero-order chi connectivity index (χ0) is 32.3. The molecule has 3 aromatic carbocycles. The monoisotopic (exact) mass is 619 g/mol. The van der Waals surface area contributed by atoms with Crippen molar-refractivity contribution >= 4 is 53.0 Å². The van der Waals surface area contributed by atoms with Crippen LogP contribution in [-0.4, -0.2) is 72.3 Å². The number of imide groups is 2. The maximum absolute atomic E-state index is 14.6. The van der Waals surface area contributed by atoms with Crippen LogP contribution in [0.5, 0.6) is 0 Å². The van der Waals surface area contributed by atoms with Crippen molar-refractivity contribution in [3.8, 4) is 0 Å². The molecule has 4 heterocycles. The third-order valence-electron chi connectivity index (χ3n) is 9.68. The highest BCUT2D eigenvalue weighted by molar-refractivity contribution is 6.29. The molecule has 4 aliphatic heterocycles. The third kappa shape index (κ3) is 3.81. The number of fused-ring (bicyclic) bond motifs is 5. The van der Waals surface area contributed by atoms with E-state index in [1.165, 1.54) is 4.90 Å². The molecule has 4 saturated heterocycles. The number of rotatable bonds is 6. The van der Waals surface area contributed by atoms with E-state index in [4.69, 9.17) is 9.47 Å². The van der Waals surface area contributed by atoms with Crippen molar-refractivity contribution in [3.05, 3.63) is 103 Å². The second-order valence-electron chi connectivity index (χ2n) is 11.7. The van der Waals surface area contributed by atoms with E-state index in [9.17, 15) is 28.8 Å². The summed E-state index contributed by atoms with van der Waals surface area (Å²) in [6.07, 6.45) is 3.37. The zero-order valence-corrected chi connectivity index (χ0v) is 24.9. The average molecular weight is 620 g/mol. The molecule has 7 rings (SSSR count). The van der Waals surface area contributed by atoms with E-state index in [2.05, 4.69) is 0 Å². The van der Waals surface area contributed by atoms with Crippen molar-refractivity contribution in [3.63, 3.8) is 0 Å². The fourth-order valence-electron chi connectivity index (χ4n) is 8.05. The van der Waals surface area contributed by atoms with E-state index < -0.39 is 76.9 Å². The molecule has 4 amide bonds. The fourth-order valence-corrected chi connectivity index (χ4v) is 8.05. The summed E-state index contributed by atoms with van der Waals surface area (Å²) in [5.74, 6) is -10.3. The minimum atomic E-state index is -2.19. The number of carbonyl (C=O) groups is 6. The molecule has 0 bridgehead atoms. The molecule has 0 aromatic heterocycles. The molecule has 0 N–H and O–H groups in total. The Labute approximate surface area is 264 Å². The number of ether oxygens (including phenoxy) is 2. The van der Waals surface area contributed by atoms with Gasteiger partial charge in [0.05, 0.1) is 49.3 Å². The predicted molar refractivity (Wildman–Crippen MR) is 163 cm³/mol. The lowest BCUT2D eigenvalue weighted by Crippen LogP contribution is -2.63. The molecular formula is C35H29N3O8. The summed E-state index contributed by atoms with van der Waals surface area (Å²) in [5.41, 5.74) is -0.899. The minimum Gasteiger partial charge on any atom is -0.468 e. The summed E-state index contributed by atoms with van der Waals surface area (Å²) >= 11 is 0. The van der Waals surface area contributed by atoms with Gasteiger partial charge >= 0.3 is 11.9 Å². The molecule has 0 unspecified atom stereocenters. The van der Waals surface area contributed by atoms with Crippen LogP contribution in [0.4, 0.5) is 11.4 Å². The highest BCUT2D eigenvalue weighted by Gasteiger charge is 2.85. The second-order valence-corrected chi connectivity index (χ2v) is 11.7. The van der Waals surface area contributed by atoms with Crippen molar-refractivity contribution < 1.29 is 38.2 Å². The normalized spacial score (nSPS) is 30.1. The third-order valence-corrected chi connectivity index (χ3v) is 9.68. The van der Waals surface area contributed by atoms with Gasteiger partial charge < -0.3 is 9.47 Å². The zero-order valence-electron chi connectivity index (χ0n) is 24.9. The highest BCUT2D eigenvalue weighted by Crippen LogP contribution is 2.63. The maximum Gasteiger partial charge on any atom is 0.328 e. The number of esters is 2. The van der Waals surface area contributed by atoms with Gasteiger partial charge in [-0.1, -0.05) is 78.9 Å². The molecule has 7 atom stereocenters. The van der Waals surface area contributed by atoms with Crippen molar-refractivity contribution in [1.82, 2.24) is 4.90 Å². The lowest BCUT2D eigenvalue weighted by molar-refractivity contribution is -0.164. The average Bonchev–Trinajstić information content (AvgIpc) is 3.73. The largest absolute Gasteiger partial charge is 0.468 e. The summed E-state index contributed by atoms with van der Waals surface area (Å²) in [6.45, 7) is 0. The van der Waals surface area contributed by atoms with Crippen LogP contribution in [0.1, 0.15) is 5.56 Å². The SMILES string of the molecule is COC(=O)[C@@H]1[C@@H]2C(=O)N(c3ccccc3)C(=O)[C@@H]2[C@@]2(C(=O)OC)[C@H]3C(=O)N(c4ccccc4)C(=O)[C@H]3[C@H](/C=C/c3ccccc3)N12. The van der Waals surface area contributed by atoms with Crippen molar-refractivity contribution in [2.24, 2.45) is 23.7 Å². The molecule has 4 fully saturated rings. The Morgan fingerprint density at radius 1 is 0.652 bits per heavy atom. The molecule has 3 aromatic rings. The van der Waals surface area contributed by atoms with Gasteiger partial charge in [0.25, 0.3) is 0 Å². The number of methoxy groups -OCH3 is 2. The lowest BCUT2D eigenvalue weighted by atomic mass is 9.70. The Hall–Kier alpha value is -5.42. The Kier molecular flexibility index (Phi) is 6.93. The van der Waals surface area contributed by atoms with E-state index in [-0.39, 0.29) is 5.69 Å². The molecule has 232 valence electrons. The number of nitrogens with zero attached hydrogens (tertiary/aromatic N) is 3. The van der Waals surface area contributed by atoms with Crippen LogP contribution in [0, 0.1) is 23.7 Å². The van der Waals surface area contributed by atoms with Gasteiger partial charge in [0.1, 0.15) is 11.6 Å². The van der Waals surface area contributed by atoms with Gasteiger partial charge in [0.2, 0.25) is 23.6 Å². The molecular weight excluding hydrogens is 590 g/mol. The smallest absolute Gasteiger partial charge is 0.328 e. The molecule has 0 saturated carbocycles. The van der Waals surface area contributed by atoms with E-state index in [0.29, 0.717) is 5.69 Å². The minimum absolute atomic E-state index is 0.247. The van der Waals surface area contributed by atoms with Crippen molar-refractivity contribution in [1.29, 1.82) is 0 Å². The number of anilines is 2. The van der Waals surface area contributed by atoms with Gasteiger partial charge in [-0.25, -0.2) is 14.6 Å². The van der Waals surface area contributed by atoms with Crippen LogP contribution in [0.25, 0.3) is 6.08 Å². The summed E-state index contributed by atoms with van der Waals surface area (Å²) in [5, 5.41) is 0. The van der Waals surface area contributed by atoms with E-state index >= 15 is 0 Å². The van der Waals surface area contributed by atoms with Crippen LogP contribution < -0.4 is 9.80 Å². The summed E-state index contributed by atoms with van der Waals surface area (Å²) in [4.78, 5) is 89.2. The fraction of sp³-hybridized carbons (Fsp3) is 0.257. The van der Waals surface area contributed by atoms with Crippen LogP contribution in [0.2, 0.25) is 0 Å². The quantitative estimate of drug-likeness (QED) is 0.302. The number of benzene rings is 3. The van der Waals surface area contributed by atoms with Crippen LogP contribution in [0.3, 0.4) is 0 Å². The Bertz CT molecular complexity index is 1800. The number of hydrogen-bond donors (Lipinski definition) is 0. The van der Waals surface area contributed by atoms with Gasteiger partial charge in [-0.2, -0.15) is 0 Å². The van der Waals surface area contributed by atoms with Crippen molar-refractivity contribution in [2.75, 3.05) is 24.0 Å². The van der Waals surface area contributed by atoms with Crippen LogP contribution >= 0.6 is 0 Å². The van der Waals surface area contributed by atoms with Gasteiger partial charge in [-0.3, -0.25) is 28.9 Å². The number of para-hydroxylation sites is 2. The van der Waals surface area contributed by atoms with Crippen LogP contribution in [0.15, 0.2) is 97.1 Å².